The number of nitrogens with zero attached hydrogens (tertiary/aromatic N) is 2. The molecule has 8 nitrogen and oxygen atoms in total. The van der Waals surface area contributed by atoms with E-state index < -0.39 is 23.4 Å². The van der Waals surface area contributed by atoms with Crippen LogP contribution in [0.4, 0.5) is 11.4 Å². The second-order valence-corrected chi connectivity index (χ2v) is 6.98. The standard InChI is InChI=1S/C17H13N3O5S2/c21-15(18-12-1-3-14(4-2-12)20(23)24)8-25-16(22)7-13-10-27-17(19-13)11-5-6-26-9-11/h1-6,9-10H,7-8H2,(H,18,21). The monoisotopic (exact) mass is 403 g/mol. The zero-order chi connectivity index (χ0) is 19.2. The summed E-state index contributed by atoms with van der Waals surface area (Å²) in [6, 6.07) is 7.30. The van der Waals surface area contributed by atoms with Crippen LogP contribution in [-0.2, 0) is 20.7 Å². The van der Waals surface area contributed by atoms with Gasteiger partial charge in [-0.25, -0.2) is 4.98 Å². The smallest absolute Gasteiger partial charge is 0.312 e. The molecule has 3 rings (SSSR count). The number of carbonyl (C=O) groups is 2. The van der Waals surface area contributed by atoms with Crippen LogP contribution < -0.4 is 5.32 Å². The van der Waals surface area contributed by atoms with Gasteiger partial charge < -0.3 is 10.1 Å². The number of nitro benzene ring substituents is 1. The zero-order valence-corrected chi connectivity index (χ0v) is 15.4. The van der Waals surface area contributed by atoms with E-state index in [1.165, 1.54) is 35.6 Å². The third kappa shape index (κ3) is 5.19. The van der Waals surface area contributed by atoms with Gasteiger partial charge in [-0.15, -0.1) is 11.3 Å². The fraction of sp³-hybridized carbons (Fsp3) is 0.118. The number of amides is 1. The average Bonchev–Trinajstić information content (AvgIpc) is 3.32. The van der Waals surface area contributed by atoms with Crippen LogP contribution in [0.1, 0.15) is 5.69 Å². The minimum atomic E-state index is -0.559. The maximum Gasteiger partial charge on any atom is 0.312 e. The van der Waals surface area contributed by atoms with E-state index in [-0.39, 0.29) is 12.1 Å². The summed E-state index contributed by atoms with van der Waals surface area (Å²) >= 11 is 3.01. The van der Waals surface area contributed by atoms with Crippen LogP contribution in [0.2, 0.25) is 0 Å². The fourth-order valence-corrected chi connectivity index (χ4v) is 3.65. The molecule has 1 amide bonds. The predicted molar refractivity (Wildman–Crippen MR) is 102 cm³/mol. The van der Waals surface area contributed by atoms with Gasteiger partial charge in [0.1, 0.15) is 5.01 Å². The minimum absolute atomic E-state index is 0.0224. The third-order valence-electron chi connectivity index (χ3n) is 3.37. The Kier molecular flexibility index (Phi) is 5.89. The minimum Gasteiger partial charge on any atom is -0.455 e. The van der Waals surface area contributed by atoms with Gasteiger partial charge in [-0.1, -0.05) is 0 Å². The van der Waals surface area contributed by atoms with Crippen molar-refractivity contribution in [3.63, 3.8) is 0 Å². The molecule has 0 saturated heterocycles. The number of benzene rings is 1. The number of hydrogen-bond donors (Lipinski definition) is 1. The Morgan fingerprint density at radius 1 is 1.19 bits per heavy atom. The lowest BCUT2D eigenvalue weighted by Gasteiger charge is -2.06. The third-order valence-corrected chi connectivity index (χ3v) is 4.99. The van der Waals surface area contributed by atoms with Crippen LogP contribution in [0.25, 0.3) is 10.6 Å². The van der Waals surface area contributed by atoms with Crippen molar-refractivity contribution in [1.29, 1.82) is 0 Å². The number of anilines is 1. The van der Waals surface area contributed by atoms with Crippen LogP contribution >= 0.6 is 22.7 Å². The number of esters is 1. The molecule has 0 atom stereocenters. The SMILES string of the molecule is O=C(COC(=O)Cc1csc(-c2ccsc2)n1)Nc1ccc([N+](=O)[O-])cc1. The first-order valence-corrected chi connectivity index (χ1v) is 9.50. The number of non-ortho nitro benzene ring substituents is 1. The second kappa shape index (κ2) is 8.52. The summed E-state index contributed by atoms with van der Waals surface area (Å²) in [4.78, 5) is 38.1. The molecule has 2 aromatic heterocycles. The van der Waals surface area contributed by atoms with Gasteiger partial charge in [-0.2, -0.15) is 11.3 Å². The lowest BCUT2D eigenvalue weighted by Crippen LogP contribution is -2.21. The Balaban J connectivity index is 1.46. The van der Waals surface area contributed by atoms with Crippen LogP contribution in [0, 0.1) is 10.1 Å². The first kappa shape index (κ1) is 18.7. The number of thiazole rings is 1. The first-order valence-electron chi connectivity index (χ1n) is 7.68. The van der Waals surface area contributed by atoms with Crippen LogP contribution in [0.3, 0.4) is 0 Å². The van der Waals surface area contributed by atoms with Gasteiger partial charge in [0.05, 0.1) is 17.0 Å². The molecular weight excluding hydrogens is 390 g/mol. The summed E-state index contributed by atoms with van der Waals surface area (Å²) in [5.41, 5.74) is 1.89. The van der Waals surface area contributed by atoms with Crippen LogP contribution in [0.15, 0.2) is 46.5 Å². The number of ether oxygens (including phenoxy) is 1. The van der Waals surface area contributed by atoms with Crippen molar-refractivity contribution < 1.29 is 19.2 Å². The summed E-state index contributed by atoms with van der Waals surface area (Å²) in [5.74, 6) is -1.09. The summed E-state index contributed by atoms with van der Waals surface area (Å²) in [6.45, 7) is -0.447. The van der Waals surface area contributed by atoms with Gasteiger partial charge >= 0.3 is 5.97 Å². The van der Waals surface area contributed by atoms with Crippen molar-refractivity contribution in [3.05, 3.63) is 62.3 Å². The highest BCUT2D eigenvalue weighted by Crippen LogP contribution is 2.25. The van der Waals surface area contributed by atoms with E-state index in [0.29, 0.717) is 11.4 Å². The molecule has 10 heteroatoms. The Morgan fingerprint density at radius 3 is 2.63 bits per heavy atom. The van der Waals surface area contributed by atoms with Crippen molar-refractivity contribution >= 4 is 45.9 Å². The fourth-order valence-electron chi connectivity index (χ4n) is 2.12. The van der Waals surface area contributed by atoms with Gasteiger partial charge in [0.15, 0.2) is 6.61 Å². The maximum absolute atomic E-state index is 11.9. The molecule has 1 N–H and O–H groups in total. The number of nitrogens with one attached hydrogen (secondary N) is 1. The molecule has 0 spiro atoms. The summed E-state index contributed by atoms with van der Waals surface area (Å²) in [5, 5.41) is 19.6. The molecule has 0 bridgehead atoms. The summed E-state index contributed by atoms with van der Waals surface area (Å²) < 4.78 is 4.95. The molecule has 0 radical (unpaired) electrons. The van der Waals surface area contributed by atoms with Crippen molar-refractivity contribution in [2.24, 2.45) is 0 Å². The molecule has 3 aromatic rings. The lowest BCUT2D eigenvalue weighted by atomic mass is 10.3. The van der Waals surface area contributed by atoms with Gasteiger partial charge in [0.2, 0.25) is 0 Å². The normalized spacial score (nSPS) is 10.4. The molecule has 138 valence electrons. The van der Waals surface area contributed by atoms with E-state index in [1.807, 2.05) is 16.8 Å². The molecule has 2 heterocycles. The van der Waals surface area contributed by atoms with E-state index in [0.717, 1.165) is 10.6 Å². The Labute approximate surface area is 161 Å². The number of aromatic nitrogens is 1. The quantitative estimate of drug-likeness (QED) is 0.367. The number of carbonyl (C=O) groups excluding carboxylic acids is 2. The number of nitro groups is 1. The molecule has 0 aliphatic carbocycles. The van der Waals surface area contributed by atoms with E-state index in [4.69, 9.17) is 4.74 Å². The highest BCUT2D eigenvalue weighted by Gasteiger charge is 2.13. The average molecular weight is 403 g/mol. The van der Waals surface area contributed by atoms with E-state index in [9.17, 15) is 19.7 Å². The van der Waals surface area contributed by atoms with Gasteiger partial charge in [0, 0.05) is 34.1 Å². The molecule has 0 fully saturated rings. The van der Waals surface area contributed by atoms with E-state index in [2.05, 4.69) is 10.3 Å². The van der Waals surface area contributed by atoms with Gasteiger partial charge in [0.25, 0.3) is 11.6 Å². The Morgan fingerprint density at radius 2 is 1.96 bits per heavy atom. The second-order valence-electron chi connectivity index (χ2n) is 5.35. The molecular formula is C17H13N3O5S2. The van der Waals surface area contributed by atoms with Crippen molar-refractivity contribution in [1.82, 2.24) is 4.98 Å². The Hall–Kier alpha value is -3.11. The molecule has 27 heavy (non-hydrogen) atoms. The van der Waals surface area contributed by atoms with E-state index in [1.54, 1.807) is 16.7 Å². The van der Waals surface area contributed by atoms with Crippen molar-refractivity contribution in [2.75, 3.05) is 11.9 Å². The van der Waals surface area contributed by atoms with Crippen LogP contribution in [-0.4, -0.2) is 28.4 Å². The maximum atomic E-state index is 11.9. The first-order chi connectivity index (χ1) is 13.0. The van der Waals surface area contributed by atoms with Gasteiger partial charge in [-0.05, 0) is 23.6 Å². The van der Waals surface area contributed by atoms with Crippen LogP contribution in [0.5, 0.6) is 0 Å². The molecule has 0 aliphatic heterocycles. The number of thiophene rings is 1. The lowest BCUT2D eigenvalue weighted by molar-refractivity contribution is -0.384. The Bertz CT molecular complexity index is 951. The number of hydrogen-bond acceptors (Lipinski definition) is 8. The molecule has 0 saturated carbocycles. The zero-order valence-electron chi connectivity index (χ0n) is 13.8. The van der Waals surface area contributed by atoms with Gasteiger partial charge in [-0.3, -0.25) is 19.7 Å². The summed E-state index contributed by atoms with van der Waals surface area (Å²) in [7, 11) is 0. The predicted octanol–water partition coefficient (Wildman–Crippen LogP) is 3.50. The molecule has 1 aromatic carbocycles. The topological polar surface area (TPSA) is 111 Å². The van der Waals surface area contributed by atoms with E-state index >= 15 is 0 Å². The van der Waals surface area contributed by atoms with Crippen molar-refractivity contribution in [3.8, 4) is 10.6 Å². The highest BCUT2D eigenvalue weighted by molar-refractivity contribution is 7.14. The summed E-state index contributed by atoms with van der Waals surface area (Å²) in [6.07, 6.45) is -0.0224. The van der Waals surface area contributed by atoms with Crippen molar-refractivity contribution in [2.45, 2.75) is 6.42 Å². The largest absolute Gasteiger partial charge is 0.455 e. The number of rotatable bonds is 7. The molecule has 0 unspecified atom stereocenters. The highest BCUT2D eigenvalue weighted by atomic mass is 32.1. The molecule has 0 aliphatic rings.